The molecule has 0 spiro atoms. The highest BCUT2D eigenvalue weighted by molar-refractivity contribution is 9.10. The molecule has 0 radical (unpaired) electrons. The minimum absolute atomic E-state index is 0.267. The summed E-state index contributed by atoms with van der Waals surface area (Å²) in [6.45, 7) is 0.267. The molecule has 0 bridgehead atoms. The van der Waals surface area contributed by atoms with Crippen molar-refractivity contribution >= 4 is 22.0 Å². The van der Waals surface area contributed by atoms with Crippen LogP contribution in [0.5, 0.6) is 0 Å². The molecule has 13 heavy (non-hydrogen) atoms. The van der Waals surface area contributed by atoms with Crippen molar-refractivity contribution in [3.05, 3.63) is 34.1 Å². The van der Waals surface area contributed by atoms with Crippen LogP contribution in [-0.2, 0) is 11.2 Å². The highest BCUT2D eigenvalue weighted by atomic mass is 79.9. The Balaban J connectivity index is 2.80. The van der Waals surface area contributed by atoms with E-state index in [0.717, 1.165) is 0 Å². The van der Waals surface area contributed by atoms with Gasteiger partial charge in [0.2, 0.25) is 6.08 Å². The Morgan fingerprint density at radius 2 is 2.31 bits per heavy atom. The van der Waals surface area contributed by atoms with Crippen molar-refractivity contribution < 1.29 is 9.18 Å². The van der Waals surface area contributed by atoms with E-state index in [4.69, 9.17) is 0 Å². The van der Waals surface area contributed by atoms with Crippen LogP contribution in [0.25, 0.3) is 0 Å². The molecule has 4 heteroatoms. The molecule has 0 saturated heterocycles. The lowest BCUT2D eigenvalue weighted by Gasteiger charge is -2.02. The highest BCUT2D eigenvalue weighted by Crippen LogP contribution is 2.19. The Hall–Kier alpha value is -0.990. The highest BCUT2D eigenvalue weighted by Gasteiger charge is 2.04. The first-order chi connectivity index (χ1) is 6.25. The SMILES string of the molecule is O=C=NCCc1c(F)cccc1Br. The Labute approximate surface area is 83.6 Å². The fourth-order valence-corrected chi connectivity index (χ4v) is 1.52. The summed E-state index contributed by atoms with van der Waals surface area (Å²) in [6.07, 6.45) is 1.82. The van der Waals surface area contributed by atoms with Gasteiger partial charge >= 0.3 is 0 Å². The van der Waals surface area contributed by atoms with Gasteiger partial charge in [-0.05, 0) is 18.6 Å². The normalized spacial score (nSPS) is 9.38. The van der Waals surface area contributed by atoms with Crippen LogP contribution >= 0.6 is 15.9 Å². The van der Waals surface area contributed by atoms with Crippen molar-refractivity contribution in [1.82, 2.24) is 0 Å². The summed E-state index contributed by atoms with van der Waals surface area (Å²) < 4.78 is 13.8. The lowest BCUT2D eigenvalue weighted by molar-refractivity contribution is 0.562. The molecule has 68 valence electrons. The zero-order valence-electron chi connectivity index (χ0n) is 6.76. The second kappa shape index (κ2) is 4.90. The van der Waals surface area contributed by atoms with Crippen LogP contribution in [0.4, 0.5) is 4.39 Å². The van der Waals surface area contributed by atoms with Crippen LogP contribution in [-0.4, -0.2) is 12.6 Å². The number of carbonyl (C=O) groups excluding carboxylic acids is 1. The first kappa shape index (κ1) is 10.1. The van der Waals surface area contributed by atoms with Gasteiger partial charge in [0.25, 0.3) is 0 Å². The zero-order chi connectivity index (χ0) is 9.68. The average molecular weight is 244 g/mol. The Morgan fingerprint density at radius 1 is 1.54 bits per heavy atom. The molecule has 1 rings (SSSR count). The maximum Gasteiger partial charge on any atom is 0.234 e. The quantitative estimate of drug-likeness (QED) is 0.593. The minimum atomic E-state index is -0.282. The van der Waals surface area contributed by atoms with Gasteiger partial charge in [0.05, 0.1) is 6.54 Å². The molecule has 0 amide bonds. The third-order valence-corrected chi connectivity index (χ3v) is 2.34. The topological polar surface area (TPSA) is 29.4 Å². The van der Waals surface area contributed by atoms with Gasteiger partial charge < -0.3 is 0 Å². The average Bonchev–Trinajstić information content (AvgIpc) is 2.10. The molecule has 0 saturated carbocycles. The standard InChI is InChI=1S/C9H7BrFNO/c10-8-2-1-3-9(11)7(8)4-5-12-6-13/h1-3H,4-5H2. The first-order valence-corrected chi connectivity index (χ1v) is 4.51. The molecule has 0 fully saturated rings. The molecule has 0 unspecified atom stereocenters. The molecule has 0 aliphatic carbocycles. The minimum Gasteiger partial charge on any atom is -0.211 e. The molecule has 0 aromatic heterocycles. The Morgan fingerprint density at radius 3 is 2.92 bits per heavy atom. The van der Waals surface area contributed by atoms with E-state index in [-0.39, 0.29) is 12.4 Å². The molecular weight excluding hydrogens is 237 g/mol. The molecule has 2 nitrogen and oxygen atoms in total. The van der Waals surface area contributed by atoms with Crippen molar-refractivity contribution in [2.24, 2.45) is 4.99 Å². The summed E-state index contributed by atoms with van der Waals surface area (Å²) in [5, 5.41) is 0. The predicted molar refractivity (Wildman–Crippen MR) is 50.8 cm³/mol. The van der Waals surface area contributed by atoms with Crippen molar-refractivity contribution in [2.45, 2.75) is 6.42 Å². The third-order valence-electron chi connectivity index (χ3n) is 1.60. The van der Waals surface area contributed by atoms with Gasteiger partial charge in [0.15, 0.2) is 0 Å². The van der Waals surface area contributed by atoms with Crippen LogP contribution < -0.4 is 0 Å². The van der Waals surface area contributed by atoms with E-state index in [0.29, 0.717) is 16.5 Å². The number of nitrogens with zero attached hydrogens (tertiary/aromatic N) is 1. The number of isocyanates is 1. The van der Waals surface area contributed by atoms with Crippen LogP contribution in [0.15, 0.2) is 27.7 Å². The van der Waals surface area contributed by atoms with Gasteiger partial charge in [-0.3, -0.25) is 0 Å². The number of aliphatic imine (C=N–C) groups is 1. The van der Waals surface area contributed by atoms with Crippen molar-refractivity contribution in [2.75, 3.05) is 6.54 Å². The van der Waals surface area contributed by atoms with E-state index in [1.807, 2.05) is 0 Å². The van der Waals surface area contributed by atoms with E-state index in [2.05, 4.69) is 20.9 Å². The fourth-order valence-electron chi connectivity index (χ4n) is 0.985. The van der Waals surface area contributed by atoms with Crippen LogP contribution in [0.2, 0.25) is 0 Å². The van der Waals surface area contributed by atoms with Crippen LogP contribution in [0.3, 0.4) is 0 Å². The molecule has 0 atom stereocenters. The van der Waals surface area contributed by atoms with E-state index >= 15 is 0 Å². The van der Waals surface area contributed by atoms with E-state index < -0.39 is 0 Å². The molecule has 0 heterocycles. The second-order valence-electron chi connectivity index (χ2n) is 2.42. The Kier molecular flexibility index (Phi) is 3.80. The summed E-state index contributed by atoms with van der Waals surface area (Å²) in [4.78, 5) is 13.1. The zero-order valence-corrected chi connectivity index (χ0v) is 8.34. The van der Waals surface area contributed by atoms with Gasteiger partial charge in [-0.25, -0.2) is 14.2 Å². The van der Waals surface area contributed by atoms with Crippen LogP contribution in [0, 0.1) is 5.82 Å². The molecule has 0 aliphatic rings. The maximum absolute atomic E-state index is 13.1. The summed E-state index contributed by atoms with van der Waals surface area (Å²) >= 11 is 3.22. The van der Waals surface area contributed by atoms with Crippen LogP contribution in [0.1, 0.15) is 5.56 Å². The number of halogens is 2. The predicted octanol–water partition coefficient (Wildman–Crippen LogP) is 2.47. The van der Waals surface area contributed by atoms with Gasteiger partial charge in [-0.1, -0.05) is 22.0 Å². The van der Waals surface area contributed by atoms with Gasteiger partial charge in [-0.2, -0.15) is 0 Å². The van der Waals surface area contributed by atoms with Gasteiger partial charge in [0, 0.05) is 10.0 Å². The molecule has 1 aromatic rings. The second-order valence-corrected chi connectivity index (χ2v) is 3.28. The van der Waals surface area contributed by atoms with Gasteiger partial charge in [0.1, 0.15) is 5.82 Å². The van der Waals surface area contributed by atoms with E-state index in [1.165, 1.54) is 12.1 Å². The van der Waals surface area contributed by atoms with Crippen molar-refractivity contribution in [3.63, 3.8) is 0 Å². The number of rotatable bonds is 3. The third kappa shape index (κ3) is 2.76. The summed E-state index contributed by atoms with van der Waals surface area (Å²) in [5.74, 6) is -0.282. The van der Waals surface area contributed by atoms with E-state index in [1.54, 1.807) is 12.1 Å². The largest absolute Gasteiger partial charge is 0.234 e. The molecule has 0 aliphatic heterocycles. The lowest BCUT2D eigenvalue weighted by atomic mass is 10.1. The number of hydrogen-bond donors (Lipinski definition) is 0. The Bertz CT molecular complexity index is 327. The molecule has 0 N–H and O–H groups in total. The first-order valence-electron chi connectivity index (χ1n) is 3.72. The van der Waals surface area contributed by atoms with Crippen molar-refractivity contribution in [3.8, 4) is 0 Å². The smallest absolute Gasteiger partial charge is 0.211 e. The van der Waals surface area contributed by atoms with E-state index in [9.17, 15) is 9.18 Å². The summed E-state index contributed by atoms with van der Waals surface area (Å²) in [7, 11) is 0. The molecule has 1 aromatic carbocycles. The molecular formula is C9H7BrFNO. The van der Waals surface area contributed by atoms with Gasteiger partial charge in [-0.15, -0.1) is 0 Å². The maximum atomic E-state index is 13.1. The summed E-state index contributed by atoms with van der Waals surface area (Å²) in [5.41, 5.74) is 0.543. The van der Waals surface area contributed by atoms with Crippen molar-refractivity contribution in [1.29, 1.82) is 0 Å². The number of hydrogen-bond acceptors (Lipinski definition) is 2. The fraction of sp³-hybridized carbons (Fsp3) is 0.222. The summed E-state index contributed by atoms with van der Waals surface area (Å²) in [6, 6.07) is 4.75. The monoisotopic (exact) mass is 243 g/mol. The lowest BCUT2D eigenvalue weighted by Crippen LogP contribution is -1.94. The number of benzene rings is 1.